The fourth-order valence-corrected chi connectivity index (χ4v) is 1.87. The average Bonchev–Trinajstić information content (AvgIpc) is 2.40. The monoisotopic (exact) mass is 263 g/mol. The summed E-state index contributed by atoms with van der Waals surface area (Å²) in [6, 6.07) is 3.72. The van der Waals surface area contributed by atoms with Crippen molar-refractivity contribution in [3.05, 3.63) is 12.1 Å². The largest absolute Gasteiger partial charge is 0.353 e. The summed E-state index contributed by atoms with van der Waals surface area (Å²) in [6.45, 7) is 7.69. The number of piperazine rings is 1. The molecule has 1 aromatic rings. The lowest BCUT2D eigenvalue weighted by molar-refractivity contribution is -0.118. The highest BCUT2D eigenvalue weighted by Gasteiger charge is 2.16. The molecule has 1 N–H and O–H groups in total. The van der Waals surface area contributed by atoms with Crippen molar-refractivity contribution in [1.29, 1.82) is 0 Å². The third-order valence-electron chi connectivity index (χ3n) is 3.25. The van der Waals surface area contributed by atoms with Crippen LogP contribution >= 0.6 is 0 Å². The van der Waals surface area contributed by atoms with Crippen LogP contribution in [0.25, 0.3) is 0 Å². The molecule has 2 heterocycles. The first-order valence-electron chi connectivity index (χ1n) is 6.64. The van der Waals surface area contributed by atoms with E-state index in [1.165, 1.54) is 0 Å². The maximum absolute atomic E-state index is 11.5. The summed E-state index contributed by atoms with van der Waals surface area (Å²) >= 11 is 0. The van der Waals surface area contributed by atoms with E-state index in [4.69, 9.17) is 0 Å². The zero-order chi connectivity index (χ0) is 13.8. The molecule has 0 aromatic carbocycles. The molecular weight excluding hydrogens is 242 g/mol. The molecule has 0 radical (unpaired) electrons. The molecular formula is C13H21N5O. The molecule has 1 aliphatic rings. The quantitative estimate of drug-likeness (QED) is 0.875. The number of aromatic nitrogens is 2. The molecule has 0 atom stereocenters. The van der Waals surface area contributed by atoms with Gasteiger partial charge in [-0.1, -0.05) is 13.8 Å². The molecule has 0 spiro atoms. The molecule has 0 bridgehead atoms. The van der Waals surface area contributed by atoms with Crippen LogP contribution in [0.2, 0.25) is 0 Å². The number of nitrogens with zero attached hydrogens (tertiary/aromatic N) is 4. The van der Waals surface area contributed by atoms with Crippen molar-refractivity contribution in [2.75, 3.05) is 43.4 Å². The van der Waals surface area contributed by atoms with Gasteiger partial charge in [0.1, 0.15) is 0 Å². The predicted octanol–water partition coefficient (Wildman–Crippen LogP) is 0.823. The number of hydrogen-bond donors (Lipinski definition) is 1. The second kappa shape index (κ2) is 5.97. The maximum Gasteiger partial charge on any atom is 0.228 e. The first-order valence-corrected chi connectivity index (χ1v) is 6.64. The van der Waals surface area contributed by atoms with Crippen molar-refractivity contribution in [3.63, 3.8) is 0 Å². The van der Waals surface area contributed by atoms with Crippen LogP contribution in [0.3, 0.4) is 0 Å². The van der Waals surface area contributed by atoms with Crippen LogP contribution in [0.5, 0.6) is 0 Å². The van der Waals surface area contributed by atoms with E-state index in [1.54, 1.807) is 6.07 Å². The predicted molar refractivity (Wildman–Crippen MR) is 75.2 cm³/mol. The second-order valence-electron chi connectivity index (χ2n) is 5.21. The van der Waals surface area contributed by atoms with Gasteiger partial charge in [-0.3, -0.25) is 4.79 Å². The zero-order valence-corrected chi connectivity index (χ0v) is 11.8. The van der Waals surface area contributed by atoms with Gasteiger partial charge in [0.05, 0.1) is 0 Å². The Kier molecular flexibility index (Phi) is 4.31. The fourth-order valence-electron chi connectivity index (χ4n) is 1.87. The Labute approximate surface area is 113 Å². The van der Waals surface area contributed by atoms with Gasteiger partial charge in [0.25, 0.3) is 0 Å². The Bertz CT molecular complexity index is 423. The van der Waals surface area contributed by atoms with Crippen molar-refractivity contribution < 1.29 is 4.79 Å². The minimum Gasteiger partial charge on any atom is -0.353 e. The Morgan fingerprint density at radius 1 is 1.21 bits per heavy atom. The van der Waals surface area contributed by atoms with Gasteiger partial charge >= 0.3 is 0 Å². The van der Waals surface area contributed by atoms with Crippen LogP contribution in [-0.2, 0) is 4.79 Å². The van der Waals surface area contributed by atoms with E-state index >= 15 is 0 Å². The first kappa shape index (κ1) is 13.7. The highest BCUT2D eigenvalue weighted by Crippen LogP contribution is 2.14. The van der Waals surface area contributed by atoms with Crippen LogP contribution in [0, 0.1) is 5.92 Å². The van der Waals surface area contributed by atoms with Gasteiger partial charge in [-0.25, -0.2) is 0 Å². The van der Waals surface area contributed by atoms with Gasteiger partial charge in [0, 0.05) is 32.1 Å². The van der Waals surface area contributed by atoms with Crippen molar-refractivity contribution in [2.45, 2.75) is 13.8 Å². The van der Waals surface area contributed by atoms with E-state index in [9.17, 15) is 4.79 Å². The topological polar surface area (TPSA) is 61.4 Å². The van der Waals surface area contributed by atoms with Crippen LogP contribution in [0.1, 0.15) is 13.8 Å². The molecule has 6 heteroatoms. The fraction of sp³-hybridized carbons (Fsp3) is 0.615. The Morgan fingerprint density at radius 2 is 1.89 bits per heavy atom. The Balaban J connectivity index is 1.96. The van der Waals surface area contributed by atoms with Crippen molar-refractivity contribution >= 4 is 17.5 Å². The van der Waals surface area contributed by atoms with E-state index < -0.39 is 0 Å². The standard InChI is InChI=1S/C13H21N5O/c1-10(2)13(19)14-11-4-5-12(16-15-11)18-8-6-17(3)7-9-18/h4-5,10H,6-9H2,1-3H3,(H,14,15,19). The molecule has 1 aliphatic heterocycles. The molecule has 1 amide bonds. The molecule has 2 rings (SSSR count). The molecule has 1 aromatic heterocycles. The van der Waals surface area contributed by atoms with E-state index in [-0.39, 0.29) is 11.8 Å². The highest BCUT2D eigenvalue weighted by molar-refractivity contribution is 5.91. The Morgan fingerprint density at radius 3 is 2.42 bits per heavy atom. The smallest absolute Gasteiger partial charge is 0.228 e. The lowest BCUT2D eigenvalue weighted by Gasteiger charge is -2.32. The van der Waals surface area contributed by atoms with Gasteiger partial charge in [-0.2, -0.15) is 0 Å². The minimum absolute atomic E-state index is 0.0401. The number of anilines is 2. The van der Waals surface area contributed by atoms with Crippen LogP contribution in [-0.4, -0.2) is 54.2 Å². The average molecular weight is 263 g/mol. The van der Waals surface area contributed by atoms with Crippen molar-refractivity contribution in [2.24, 2.45) is 5.92 Å². The molecule has 104 valence electrons. The van der Waals surface area contributed by atoms with Gasteiger partial charge in [0.15, 0.2) is 11.6 Å². The van der Waals surface area contributed by atoms with Crippen LogP contribution < -0.4 is 10.2 Å². The summed E-state index contributed by atoms with van der Waals surface area (Å²) in [7, 11) is 2.12. The number of carbonyl (C=O) groups is 1. The van der Waals surface area contributed by atoms with Crippen molar-refractivity contribution in [1.82, 2.24) is 15.1 Å². The molecule has 1 saturated heterocycles. The van der Waals surface area contributed by atoms with Crippen molar-refractivity contribution in [3.8, 4) is 0 Å². The molecule has 0 saturated carbocycles. The number of carbonyl (C=O) groups excluding carboxylic acids is 1. The zero-order valence-electron chi connectivity index (χ0n) is 11.8. The number of amides is 1. The normalized spacial score (nSPS) is 16.7. The lowest BCUT2D eigenvalue weighted by Crippen LogP contribution is -2.44. The third kappa shape index (κ3) is 3.64. The van der Waals surface area contributed by atoms with Crippen LogP contribution in [0.4, 0.5) is 11.6 Å². The summed E-state index contributed by atoms with van der Waals surface area (Å²) in [5.74, 6) is 1.29. The second-order valence-corrected chi connectivity index (χ2v) is 5.21. The maximum atomic E-state index is 11.5. The lowest BCUT2D eigenvalue weighted by atomic mass is 10.2. The number of rotatable bonds is 3. The highest BCUT2D eigenvalue weighted by atomic mass is 16.1. The molecule has 0 unspecified atom stereocenters. The summed E-state index contributed by atoms with van der Waals surface area (Å²) in [5.41, 5.74) is 0. The summed E-state index contributed by atoms with van der Waals surface area (Å²) < 4.78 is 0. The molecule has 0 aliphatic carbocycles. The molecule has 19 heavy (non-hydrogen) atoms. The Hall–Kier alpha value is -1.69. The molecule has 6 nitrogen and oxygen atoms in total. The first-order chi connectivity index (χ1) is 9.06. The van der Waals surface area contributed by atoms with Crippen LogP contribution in [0.15, 0.2) is 12.1 Å². The van der Waals surface area contributed by atoms with E-state index in [0.717, 1.165) is 32.0 Å². The minimum atomic E-state index is -0.0564. The van der Waals surface area contributed by atoms with Gasteiger partial charge in [-0.05, 0) is 19.2 Å². The SMILES string of the molecule is CC(C)C(=O)Nc1ccc(N2CCN(C)CC2)nn1. The van der Waals surface area contributed by atoms with Gasteiger partial charge in [-0.15, -0.1) is 10.2 Å². The molecule has 1 fully saturated rings. The summed E-state index contributed by atoms with van der Waals surface area (Å²) in [4.78, 5) is 16.0. The summed E-state index contributed by atoms with van der Waals surface area (Å²) in [5, 5.41) is 11.0. The summed E-state index contributed by atoms with van der Waals surface area (Å²) in [6.07, 6.45) is 0. The third-order valence-corrected chi connectivity index (χ3v) is 3.25. The number of likely N-dealkylation sites (N-methyl/N-ethyl adjacent to an activating group) is 1. The van der Waals surface area contributed by atoms with Gasteiger partial charge in [0.2, 0.25) is 5.91 Å². The number of hydrogen-bond acceptors (Lipinski definition) is 5. The van der Waals surface area contributed by atoms with E-state index in [0.29, 0.717) is 5.82 Å². The van der Waals surface area contributed by atoms with E-state index in [2.05, 4.69) is 32.4 Å². The van der Waals surface area contributed by atoms with Gasteiger partial charge < -0.3 is 15.1 Å². The number of nitrogens with one attached hydrogen (secondary N) is 1. The van der Waals surface area contributed by atoms with E-state index in [1.807, 2.05) is 19.9 Å².